The minimum atomic E-state index is -3.67. The maximum atomic E-state index is 13.2. The Morgan fingerprint density at radius 2 is 1.96 bits per heavy atom. The molecule has 1 aliphatic carbocycles. The molecule has 4 rings (SSSR count). The zero-order valence-corrected chi connectivity index (χ0v) is 17.5. The summed E-state index contributed by atoms with van der Waals surface area (Å²) in [5.74, 6) is 0.769. The molecule has 2 aromatic heterocycles. The number of piperidine rings is 1. The van der Waals surface area contributed by atoms with Gasteiger partial charge in [0, 0.05) is 26.3 Å². The minimum absolute atomic E-state index is 0.0833. The number of hydrogen-bond donors (Lipinski definition) is 0. The molecule has 1 saturated carbocycles. The van der Waals surface area contributed by atoms with Crippen LogP contribution in [0.3, 0.4) is 0 Å². The van der Waals surface area contributed by atoms with E-state index in [1.165, 1.54) is 23.5 Å². The van der Waals surface area contributed by atoms with Crippen LogP contribution in [-0.2, 0) is 22.6 Å². The van der Waals surface area contributed by atoms with Gasteiger partial charge in [0.15, 0.2) is 10.9 Å². The first-order chi connectivity index (χ1) is 13.3. The van der Waals surface area contributed by atoms with Crippen LogP contribution in [-0.4, -0.2) is 74.6 Å². The zero-order chi connectivity index (χ0) is 19.9. The van der Waals surface area contributed by atoms with Crippen LogP contribution in [0.15, 0.2) is 17.6 Å². The van der Waals surface area contributed by atoms with Gasteiger partial charge in [-0.2, -0.15) is 4.31 Å². The standard InChI is InChI=1S/C17H28N8O2S/c1-22(2)17(16-19-20-21-25(16)14-7-4-5-8-14)9-6-10-24(12-17)28(26,27)15-11-23(3)13-18-15/h11,13-14H,4-10,12H2,1-3H3. The highest BCUT2D eigenvalue weighted by atomic mass is 32.2. The monoisotopic (exact) mass is 408 g/mol. The van der Waals surface area contributed by atoms with Crippen molar-refractivity contribution >= 4 is 10.0 Å². The molecule has 28 heavy (non-hydrogen) atoms. The van der Waals surface area contributed by atoms with Gasteiger partial charge < -0.3 is 4.57 Å². The zero-order valence-electron chi connectivity index (χ0n) is 16.7. The normalized spacial score (nSPS) is 25.0. The lowest BCUT2D eigenvalue weighted by atomic mass is 9.87. The molecule has 0 spiro atoms. The molecule has 0 N–H and O–H groups in total. The molecule has 10 nitrogen and oxygen atoms in total. The summed E-state index contributed by atoms with van der Waals surface area (Å²) < 4.78 is 31.5. The predicted molar refractivity (Wildman–Crippen MR) is 102 cm³/mol. The van der Waals surface area contributed by atoms with Crippen molar-refractivity contribution in [3.05, 3.63) is 18.3 Å². The number of rotatable bonds is 5. The van der Waals surface area contributed by atoms with Crippen LogP contribution in [0.5, 0.6) is 0 Å². The molecule has 1 unspecified atom stereocenters. The van der Waals surface area contributed by atoms with E-state index in [2.05, 4.69) is 25.4 Å². The average Bonchev–Trinajstić information content (AvgIpc) is 3.42. The van der Waals surface area contributed by atoms with Crippen molar-refractivity contribution < 1.29 is 8.42 Å². The van der Waals surface area contributed by atoms with Crippen LogP contribution < -0.4 is 0 Å². The summed E-state index contributed by atoms with van der Waals surface area (Å²) in [6, 6.07) is 0.296. The number of imidazole rings is 1. The number of hydrogen-bond acceptors (Lipinski definition) is 7. The fourth-order valence-corrected chi connectivity index (χ4v) is 6.00. The van der Waals surface area contributed by atoms with Crippen molar-refractivity contribution in [1.82, 2.24) is 39.0 Å². The fourth-order valence-electron chi connectivity index (χ4n) is 4.50. The van der Waals surface area contributed by atoms with E-state index in [0.717, 1.165) is 31.5 Å². The van der Waals surface area contributed by atoms with Crippen LogP contribution in [0, 0.1) is 0 Å². The Hall–Kier alpha value is -1.85. The lowest BCUT2D eigenvalue weighted by molar-refractivity contribution is 0.0621. The summed E-state index contributed by atoms with van der Waals surface area (Å²) >= 11 is 0. The molecular formula is C17H28N8O2S. The lowest BCUT2D eigenvalue weighted by Gasteiger charge is -2.45. The maximum absolute atomic E-state index is 13.2. The van der Waals surface area contributed by atoms with Crippen molar-refractivity contribution in [2.45, 2.75) is 55.1 Å². The number of likely N-dealkylation sites (N-methyl/N-ethyl adjacent to an activating group) is 1. The first kappa shape index (κ1) is 19.5. The minimum Gasteiger partial charge on any atom is -0.339 e. The topological polar surface area (TPSA) is 102 Å². The van der Waals surface area contributed by atoms with E-state index < -0.39 is 15.6 Å². The van der Waals surface area contributed by atoms with Crippen molar-refractivity contribution in [2.75, 3.05) is 27.2 Å². The van der Waals surface area contributed by atoms with Crippen molar-refractivity contribution in [3.8, 4) is 0 Å². The third-order valence-corrected chi connectivity index (χ3v) is 7.89. The van der Waals surface area contributed by atoms with Crippen molar-refractivity contribution in [3.63, 3.8) is 0 Å². The van der Waals surface area contributed by atoms with E-state index in [1.807, 2.05) is 18.8 Å². The van der Waals surface area contributed by atoms with Gasteiger partial charge in [0.2, 0.25) is 0 Å². The number of aromatic nitrogens is 6. The van der Waals surface area contributed by atoms with Gasteiger partial charge in [0.25, 0.3) is 10.0 Å². The molecule has 0 amide bonds. The highest BCUT2D eigenvalue weighted by molar-refractivity contribution is 7.89. The molecule has 11 heteroatoms. The third-order valence-electron chi connectivity index (χ3n) is 6.16. The Morgan fingerprint density at radius 1 is 1.21 bits per heavy atom. The molecule has 2 fully saturated rings. The second-order valence-corrected chi connectivity index (χ2v) is 10.0. The van der Waals surface area contributed by atoms with Crippen molar-refractivity contribution in [1.29, 1.82) is 0 Å². The van der Waals surface area contributed by atoms with Crippen LogP contribution in [0.25, 0.3) is 0 Å². The summed E-state index contributed by atoms with van der Waals surface area (Å²) in [6.45, 7) is 0.783. The van der Waals surface area contributed by atoms with Gasteiger partial charge in [0.05, 0.1) is 17.9 Å². The number of sulfonamides is 1. The van der Waals surface area contributed by atoms with E-state index >= 15 is 0 Å². The lowest BCUT2D eigenvalue weighted by Crippen LogP contribution is -2.56. The number of aryl methyl sites for hydroxylation is 1. The number of nitrogens with zero attached hydrogens (tertiary/aromatic N) is 8. The summed E-state index contributed by atoms with van der Waals surface area (Å²) in [4.78, 5) is 6.15. The molecule has 2 aliphatic rings. The first-order valence-corrected chi connectivity index (χ1v) is 11.2. The highest BCUT2D eigenvalue weighted by Crippen LogP contribution is 2.39. The van der Waals surface area contributed by atoms with Gasteiger partial charge >= 0.3 is 0 Å². The van der Waals surface area contributed by atoms with E-state index in [9.17, 15) is 8.42 Å². The van der Waals surface area contributed by atoms with Gasteiger partial charge in [-0.25, -0.2) is 18.1 Å². The molecule has 154 valence electrons. The smallest absolute Gasteiger partial charge is 0.262 e. The van der Waals surface area contributed by atoms with Crippen LogP contribution >= 0.6 is 0 Å². The quantitative estimate of drug-likeness (QED) is 0.720. The molecule has 1 saturated heterocycles. The molecule has 3 heterocycles. The molecule has 2 aromatic rings. The van der Waals surface area contributed by atoms with Gasteiger partial charge in [0.1, 0.15) is 0 Å². The maximum Gasteiger partial charge on any atom is 0.262 e. The molecule has 0 bridgehead atoms. The van der Waals surface area contributed by atoms with Gasteiger partial charge in [-0.15, -0.1) is 5.10 Å². The molecule has 1 aliphatic heterocycles. The van der Waals surface area contributed by atoms with Gasteiger partial charge in [-0.1, -0.05) is 12.8 Å². The Labute approximate surface area is 165 Å². The summed E-state index contributed by atoms with van der Waals surface area (Å²) in [6.07, 6.45) is 9.09. The Kier molecular flexibility index (Phi) is 5.00. The van der Waals surface area contributed by atoms with Crippen molar-refractivity contribution in [2.24, 2.45) is 7.05 Å². The van der Waals surface area contributed by atoms with Crippen LogP contribution in [0.4, 0.5) is 0 Å². The van der Waals surface area contributed by atoms with E-state index in [4.69, 9.17) is 0 Å². The SMILES string of the molecule is CN(C)C1(c2nnnn2C2CCCC2)CCCN(S(=O)(=O)c2cn(C)cn2)C1. The van der Waals surface area contributed by atoms with Crippen LogP contribution in [0.2, 0.25) is 0 Å². The largest absolute Gasteiger partial charge is 0.339 e. The Bertz CT molecular complexity index is 931. The van der Waals surface area contributed by atoms with E-state index in [0.29, 0.717) is 19.1 Å². The Morgan fingerprint density at radius 3 is 2.61 bits per heavy atom. The second kappa shape index (κ2) is 7.20. The molecular weight excluding hydrogens is 380 g/mol. The average molecular weight is 409 g/mol. The summed E-state index contributed by atoms with van der Waals surface area (Å²) in [5, 5.41) is 12.7. The third kappa shape index (κ3) is 3.15. The summed E-state index contributed by atoms with van der Waals surface area (Å²) in [7, 11) is 2.05. The summed E-state index contributed by atoms with van der Waals surface area (Å²) in [5.41, 5.74) is -0.563. The second-order valence-electron chi connectivity index (χ2n) is 8.13. The molecule has 0 radical (unpaired) electrons. The predicted octanol–water partition coefficient (Wildman–Crippen LogP) is 0.763. The van der Waals surface area contributed by atoms with Gasteiger partial charge in [-0.05, 0) is 50.2 Å². The van der Waals surface area contributed by atoms with Crippen LogP contribution in [0.1, 0.15) is 50.4 Å². The van der Waals surface area contributed by atoms with E-state index in [-0.39, 0.29) is 5.03 Å². The molecule has 0 aromatic carbocycles. The fraction of sp³-hybridized carbons (Fsp3) is 0.765. The Balaban J connectivity index is 1.71. The van der Waals surface area contributed by atoms with Gasteiger partial charge in [-0.3, -0.25) is 4.90 Å². The highest BCUT2D eigenvalue weighted by Gasteiger charge is 2.47. The number of tetrazole rings is 1. The molecule has 1 atom stereocenters. The van der Waals surface area contributed by atoms with E-state index in [1.54, 1.807) is 17.8 Å². The first-order valence-electron chi connectivity index (χ1n) is 9.78.